The molecule has 2 aromatic carbocycles. The number of anilines is 2. The zero-order valence-corrected chi connectivity index (χ0v) is 18.1. The van der Waals surface area contributed by atoms with Gasteiger partial charge in [-0.05, 0) is 54.8 Å². The molecule has 8 nitrogen and oxygen atoms in total. The molecule has 162 valence electrons. The average molecular weight is 433 g/mol. The highest BCUT2D eigenvalue weighted by Gasteiger charge is 2.37. The van der Waals surface area contributed by atoms with E-state index in [1.807, 2.05) is 19.1 Å². The van der Waals surface area contributed by atoms with Crippen LogP contribution in [0.3, 0.4) is 0 Å². The number of sulfonamides is 1. The summed E-state index contributed by atoms with van der Waals surface area (Å²) in [6.45, 7) is 6.61. The largest absolute Gasteiger partial charge is 0.494 e. The fourth-order valence-corrected chi connectivity index (χ4v) is 4.38. The van der Waals surface area contributed by atoms with Gasteiger partial charge in [0.2, 0.25) is 15.9 Å². The number of nitrogens with one attached hydrogen (secondary N) is 4. The minimum Gasteiger partial charge on any atom is -0.494 e. The molecule has 1 fully saturated rings. The van der Waals surface area contributed by atoms with Gasteiger partial charge in [-0.25, -0.2) is 19.3 Å². The van der Waals surface area contributed by atoms with Crippen molar-refractivity contribution < 1.29 is 17.9 Å². The highest BCUT2D eigenvalue weighted by atomic mass is 32.2. The summed E-state index contributed by atoms with van der Waals surface area (Å²) in [5.74, 6) is 0.770. The minimum atomic E-state index is -3.72. The molecule has 4 N–H and O–H groups in total. The Kier molecular flexibility index (Phi) is 6.96. The molecule has 0 radical (unpaired) electrons. The lowest BCUT2D eigenvalue weighted by Gasteiger charge is -2.14. The lowest BCUT2D eigenvalue weighted by molar-refractivity contribution is -0.117. The van der Waals surface area contributed by atoms with Crippen LogP contribution in [0.2, 0.25) is 0 Å². The van der Waals surface area contributed by atoms with Crippen molar-refractivity contribution in [1.29, 1.82) is 0 Å². The summed E-state index contributed by atoms with van der Waals surface area (Å²) in [4.78, 5) is 12.5. The van der Waals surface area contributed by atoms with E-state index in [4.69, 9.17) is 4.74 Å². The second-order valence-electron chi connectivity index (χ2n) is 7.44. The quantitative estimate of drug-likeness (QED) is 0.511. The molecule has 1 amide bonds. The predicted octanol–water partition coefficient (Wildman–Crippen LogP) is 2.78. The van der Waals surface area contributed by atoms with Crippen molar-refractivity contribution in [2.75, 3.05) is 16.6 Å². The molecular weight excluding hydrogens is 404 g/mol. The van der Waals surface area contributed by atoms with E-state index in [1.54, 1.807) is 36.4 Å². The first-order valence-electron chi connectivity index (χ1n) is 9.95. The van der Waals surface area contributed by atoms with E-state index in [0.29, 0.717) is 23.9 Å². The first-order valence-corrected chi connectivity index (χ1v) is 11.5. The van der Waals surface area contributed by atoms with Gasteiger partial charge in [0.1, 0.15) is 17.2 Å². The number of carbonyl (C=O) groups excluding carboxylic acids is 1. The molecule has 2 unspecified atom stereocenters. The molecule has 1 aliphatic rings. The minimum absolute atomic E-state index is 0.0995. The van der Waals surface area contributed by atoms with E-state index in [2.05, 4.69) is 34.7 Å². The third kappa shape index (κ3) is 5.50. The Bertz CT molecular complexity index is 960. The average Bonchev–Trinajstić information content (AvgIpc) is 3.21. The van der Waals surface area contributed by atoms with Crippen molar-refractivity contribution in [2.24, 2.45) is 0 Å². The van der Waals surface area contributed by atoms with E-state index in [-0.39, 0.29) is 12.3 Å². The van der Waals surface area contributed by atoms with Crippen LogP contribution < -0.4 is 25.6 Å². The van der Waals surface area contributed by atoms with Crippen molar-refractivity contribution >= 4 is 27.3 Å². The van der Waals surface area contributed by atoms with Crippen LogP contribution in [0.1, 0.15) is 38.7 Å². The van der Waals surface area contributed by atoms with Gasteiger partial charge in [0.25, 0.3) is 0 Å². The second kappa shape index (κ2) is 9.46. The van der Waals surface area contributed by atoms with Crippen molar-refractivity contribution in [2.45, 2.75) is 44.5 Å². The molecule has 1 heterocycles. The van der Waals surface area contributed by atoms with E-state index in [0.717, 1.165) is 11.3 Å². The summed E-state index contributed by atoms with van der Waals surface area (Å²) >= 11 is 0. The maximum Gasteiger partial charge on any atom is 0.250 e. The lowest BCUT2D eigenvalue weighted by Crippen LogP contribution is -2.42. The molecule has 0 saturated carbocycles. The van der Waals surface area contributed by atoms with Gasteiger partial charge >= 0.3 is 0 Å². The number of hydrogen-bond donors (Lipinski definition) is 4. The first kappa shape index (κ1) is 22.1. The number of hydrogen-bond acceptors (Lipinski definition) is 6. The van der Waals surface area contributed by atoms with Crippen LogP contribution >= 0.6 is 0 Å². The Morgan fingerprint density at radius 2 is 1.70 bits per heavy atom. The maximum atomic E-state index is 12.7. The van der Waals surface area contributed by atoms with Gasteiger partial charge in [-0.3, -0.25) is 9.52 Å². The van der Waals surface area contributed by atoms with Gasteiger partial charge in [-0.2, -0.15) is 0 Å². The zero-order chi connectivity index (χ0) is 21.7. The Morgan fingerprint density at radius 3 is 2.30 bits per heavy atom. The van der Waals surface area contributed by atoms with Crippen LogP contribution in [-0.2, 0) is 14.8 Å². The van der Waals surface area contributed by atoms with Crippen molar-refractivity contribution in [1.82, 2.24) is 10.9 Å². The monoisotopic (exact) mass is 432 g/mol. The number of rotatable bonds is 8. The van der Waals surface area contributed by atoms with Crippen LogP contribution in [0.25, 0.3) is 0 Å². The van der Waals surface area contributed by atoms with E-state index in [9.17, 15) is 13.2 Å². The molecular formula is C21H28N4O4S. The summed E-state index contributed by atoms with van der Waals surface area (Å²) < 4.78 is 33.3. The molecule has 9 heteroatoms. The lowest BCUT2D eigenvalue weighted by atomic mass is 10.0. The smallest absolute Gasteiger partial charge is 0.250 e. The summed E-state index contributed by atoms with van der Waals surface area (Å²) in [7, 11) is -3.72. The Balaban J connectivity index is 1.57. The summed E-state index contributed by atoms with van der Waals surface area (Å²) in [6.07, 6.45) is 0.0995. The van der Waals surface area contributed by atoms with E-state index in [1.165, 1.54) is 0 Å². The molecule has 0 aliphatic carbocycles. The number of benzene rings is 2. The van der Waals surface area contributed by atoms with Gasteiger partial charge in [-0.1, -0.05) is 26.0 Å². The number of amides is 1. The second-order valence-corrected chi connectivity index (χ2v) is 9.30. The van der Waals surface area contributed by atoms with Gasteiger partial charge in [0, 0.05) is 17.8 Å². The third-order valence-electron chi connectivity index (χ3n) is 4.83. The fourth-order valence-electron chi connectivity index (χ4n) is 3.10. The molecule has 0 aromatic heterocycles. The van der Waals surface area contributed by atoms with E-state index >= 15 is 0 Å². The third-order valence-corrected chi connectivity index (χ3v) is 6.41. The summed E-state index contributed by atoms with van der Waals surface area (Å²) in [6, 6.07) is 13.6. The Morgan fingerprint density at radius 1 is 1.07 bits per heavy atom. The van der Waals surface area contributed by atoms with Crippen molar-refractivity contribution in [3.63, 3.8) is 0 Å². The van der Waals surface area contributed by atoms with Crippen LogP contribution in [0, 0.1) is 0 Å². The van der Waals surface area contributed by atoms with Gasteiger partial charge < -0.3 is 10.1 Å². The van der Waals surface area contributed by atoms with Gasteiger partial charge in [0.15, 0.2) is 0 Å². The molecule has 2 aromatic rings. The maximum absolute atomic E-state index is 12.7. The molecule has 3 rings (SSSR count). The first-order chi connectivity index (χ1) is 14.3. The van der Waals surface area contributed by atoms with E-state index < -0.39 is 21.4 Å². The van der Waals surface area contributed by atoms with Crippen molar-refractivity contribution in [3.05, 3.63) is 54.1 Å². The topological polar surface area (TPSA) is 109 Å². The summed E-state index contributed by atoms with van der Waals surface area (Å²) in [5.41, 5.74) is 7.71. The van der Waals surface area contributed by atoms with Crippen LogP contribution in [0.15, 0.2) is 48.5 Å². The van der Waals surface area contributed by atoms with Crippen LogP contribution in [-0.4, -0.2) is 32.3 Å². The Hall–Kier alpha value is -2.62. The molecule has 1 saturated heterocycles. The molecule has 1 aliphatic heterocycles. The van der Waals surface area contributed by atoms with Gasteiger partial charge in [-0.15, -0.1) is 0 Å². The highest BCUT2D eigenvalue weighted by Crippen LogP contribution is 2.21. The number of carbonyl (C=O) groups is 1. The molecule has 30 heavy (non-hydrogen) atoms. The predicted molar refractivity (Wildman–Crippen MR) is 118 cm³/mol. The SMILES string of the molecule is CCOc1ccc(NC(=O)C2CC(S(=O)(=O)Nc3ccc(C(C)C)cc3)NN2)cc1. The van der Waals surface area contributed by atoms with Crippen LogP contribution in [0.4, 0.5) is 11.4 Å². The number of hydrazine groups is 1. The standard InChI is InChI=1S/C21H28N4O4S/c1-4-29-18-11-9-16(10-12-18)22-21(26)19-13-20(24-23-19)30(27,28)25-17-7-5-15(6-8-17)14(2)3/h5-12,14,19-20,23-25H,4,13H2,1-3H3,(H,22,26). The number of ether oxygens (including phenoxy) is 1. The highest BCUT2D eigenvalue weighted by molar-refractivity contribution is 7.93. The van der Waals surface area contributed by atoms with Crippen molar-refractivity contribution in [3.8, 4) is 5.75 Å². The molecule has 2 atom stereocenters. The zero-order valence-electron chi connectivity index (χ0n) is 17.3. The molecule has 0 spiro atoms. The Labute approximate surface area is 177 Å². The normalized spacial score (nSPS) is 18.9. The van der Waals surface area contributed by atoms with Crippen LogP contribution in [0.5, 0.6) is 5.75 Å². The fraction of sp³-hybridized carbons (Fsp3) is 0.381. The van der Waals surface area contributed by atoms with Gasteiger partial charge in [0.05, 0.1) is 6.61 Å². The molecule has 0 bridgehead atoms. The summed E-state index contributed by atoms with van der Waals surface area (Å²) in [5, 5.41) is 1.85.